The second-order valence-corrected chi connectivity index (χ2v) is 4.01. The Morgan fingerprint density at radius 2 is 2.21 bits per heavy atom. The van der Waals surface area contributed by atoms with Crippen LogP contribution in [0, 0.1) is 0 Å². The van der Waals surface area contributed by atoms with Crippen molar-refractivity contribution in [2.24, 2.45) is 0 Å². The summed E-state index contributed by atoms with van der Waals surface area (Å²) in [6.07, 6.45) is 3.39. The molecule has 0 amide bonds. The van der Waals surface area contributed by atoms with Gasteiger partial charge in [0, 0.05) is 17.9 Å². The number of hydrogen-bond donors (Lipinski definition) is 0. The zero-order valence-electron chi connectivity index (χ0n) is 9.07. The van der Waals surface area contributed by atoms with Gasteiger partial charge in [-0.05, 0) is 27.7 Å². The largest absolute Gasteiger partial charge is 0.460 e. The molecule has 0 spiro atoms. The Balaban J connectivity index is 2.99. The lowest BCUT2D eigenvalue weighted by atomic mass is 10.1. The van der Waals surface area contributed by atoms with Gasteiger partial charge in [-0.25, -0.2) is 9.78 Å². The number of imidazole rings is 1. The molecule has 0 fully saturated rings. The van der Waals surface area contributed by atoms with Gasteiger partial charge < -0.3 is 9.30 Å². The van der Waals surface area contributed by atoms with Crippen LogP contribution < -0.4 is 0 Å². The zero-order valence-corrected chi connectivity index (χ0v) is 9.07. The van der Waals surface area contributed by atoms with E-state index in [0.29, 0.717) is 12.4 Å². The predicted octanol–water partition coefficient (Wildman–Crippen LogP) is 1.81. The van der Waals surface area contributed by atoms with Crippen molar-refractivity contribution in [3.63, 3.8) is 0 Å². The fraction of sp³-hybridized carbons (Fsp3) is 0.600. The smallest absolute Gasteiger partial charge is 0.374 e. The molecule has 0 saturated heterocycles. The molecule has 0 aromatic carbocycles. The average Bonchev–Trinajstić information content (AvgIpc) is 2.50. The topological polar surface area (TPSA) is 44.1 Å². The van der Waals surface area contributed by atoms with Gasteiger partial charge >= 0.3 is 5.97 Å². The monoisotopic (exact) mass is 196 g/mol. The number of carbonyl (C=O) groups excluding carboxylic acids is 1. The van der Waals surface area contributed by atoms with E-state index in [1.807, 2.05) is 25.3 Å². The predicted molar refractivity (Wildman–Crippen MR) is 53.2 cm³/mol. The molecule has 0 N–H and O–H groups in total. The Kier molecular flexibility index (Phi) is 2.93. The Labute approximate surface area is 83.9 Å². The highest BCUT2D eigenvalue weighted by Crippen LogP contribution is 2.16. The van der Waals surface area contributed by atoms with Crippen LogP contribution >= 0.6 is 0 Å². The summed E-state index contributed by atoms with van der Waals surface area (Å²) in [5.74, 6) is -0.00762. The van der Waals surface area contributed by atoms with Crippen LogP contribution in [-0.2, 0) is 10.3 Å². The third-order valence-electron chi connectivity index (χ3n) is 1.82. The average molecular weight is 196 g/mol. The fourth-order valence-electron chi connectivity index (χ4n) is 1.19. The maximum Gasteiger partial charge on any atom is 0.374 e. The highest BCUT2D eigenvalue weighted by molar-refractivity contribution is 5.85. The Hall–Kier alpha value is -1.32. The highest BCUT2D eigenvalue weighted by Gasteiger charge is 2.21. The Morgan fingerprint density at radius 3 is 2.71 bits per heavy atom. The SMILES string of the molecule is CCOC(=O)c1nccn1C(C)(C)C. The number of ether oxygens (including phenoxy) is 1. The summed E-state index contributed by atoms with van der Waals surface area (Å²) in [5.41, 5.74) is -0.154. The van der Waals surface area contributed by atoms with Crippen LogP contribution in [-0.4, -0.2) is 22.1 Å². The summed E-state index contributed by atoms with van der Waals surface area (Å²) in [7, 11) is 0. The molecule has 0 atom stereocenters. The van der Waals surface area contributed by atoms with Crippen molar-refractivity contribution in [3.8, 4) is 0 Å². The van der Waals surface area contributed by atoms with Crippen molar-refractivity contribution < 1.29 is 9.53 Å². The van der Waals surface area contributed by atoms with Crippen molar-refractivity contribution in [2.75, 3.05) is 6.61 Å². The first kappa shape index (κ1) is 10.8. The van der Waals surface area contributed by atoms with Crippen LogP contribution in [0.3, 0.4) is 0 Å². The maximum atomic E-state index is 11.5. The van der Waals surface area contributed by atoms with Gasteiger partial charge in [0.1, 0.15) is 0 Å². The molecule has 14 heavy (non-hydrogen) atoms. The first-order valence-corrected chi connectivity index (χ1v) is 4.67. The number of aromatic nitrogens is 2. The first-order chi connectivity index (χ1) is 6.46. The molecule has 1 heterocycles. The summed E-state index contributed by atoms with van der Waals surface area (Å²) in [6.45, 7) is 8.18. The summed E-state index contributed by atoms with van der Waals surface area (Å²) in [5, 5.41) is 0. The van der Waals surface area contributed by atoms with E-state index in [2.05, 4.69) is 4.98 Å². The molecule has 0 radical (unpaired) electrons. The summed E-state index contributed by atoms with van der Waals surface area (Å²) in [4.78, 5) is 15.5. The molecule has 0 saturated carbocycles. The molecule has 0 aliphatic carbocycles. The third kappa shape index (κ3) is 2.13. The molecular formula is C10H16N2O2. The summed E-state index contributed by atoms with van der Waals surface area (Å²) >= 11 is 0. The van der Waals surface area contributed by atoms with E-state index in [1.54, 1.807) is 19.3 Å². The minimum absolute atomic E-state index is 0.154. The molecule has 0 aliphatic heterocycles. The van der Waals surface area contributed by atoms with Gasteiger partial charge in [-0.15, -0.1) is 0 Å². The standard InChI is InChI=1S/C10H16N2O2/c1-5-14-9(13)8-11-6-7-12(8)10(2,3)4/h6-7H,5H2,1-4H3. The second-order valence-electron chi connectivity index (χ2n) is 4.01. The van der Waals surface area contributed by atoms with Crippen LogP contribution in [0.4, 0.5) is 0 Å². The molecule has 1 aromatic rings. The number of rotatable bonds is 2. The Morgan fingerprint density at radius 1 is 1.57 bits per heavy atom. The molecule has 1 rings (SSSR count). The van der Waals surface area contributed by atoms with Crippen LogP contribution in [0.15, 0.2) is 12.4 Å². The maximum absolute atomic E-state index is 11.5. The van der Waals surface area contributed by atoms with Gasteiger partial charge in [-0.2, -0.15) is 0 Å². The van der Waals surface area contributed by atoms with Gasteiger partial charge in [0.05, 0.1) is 6.61 Å². The van der Waals surface area contributed by atoms with Crippen LogP contribution in [0.5, 0.6) is 0 Å². The minimum atomic E-state index is -0.368. The number of hydrogen-bond acceptors (Lipinski definition) is 3. The normalized spacial score (nSPS) is 11.4. The van der Waals surface area contributed by atoms with Gasteiger partial charge in [-0.1, -0.05) is 0 Å². The van der Waals surface area contributed by atoms with Crippen LogP contribution in [0.2, 0.25) is 0 Å². The van der Waals surface area contributed by atoms with E-state index < -0.39 is 0 Å². The third-order valence-corrected chi connectivity index (χ3v) is 1.82. The summed E-state index contributed by atoms with van der Waals surface area (Å²) < 4.78 is 6.71. The molecule has 4 nitrogen and oxygen atoms in total. The second kappa shape index (κ2) is 3.82. The van der Waals surface area contributed by atoms with Crippen molar-refractivity contribution in [3.05, 3.63) is 18.2 Å². The molecule has 4 heteroatoms. The molecule has 78 valence electrons. The van der Waals surface area contributed by atoms with E-state index in [4.69, 9.17) is 4.74 Å². The number of nitrogens with zero attached hydrogens (tertiary/aromatic N) is 2. The lowest BCUT2D eigenvalue weighted by molar-refractivity contribution is 0.0499. The Bertz CT molecular complexity index is 323. The van der Waals surface area contributed by atoms with Crippen molar-refractivity contribution in [1.82, 2.24) is 9.55 Å². The van der Waals surface area contributed by atoms with E-state index in [1.165, 1.54) is 0 Å². The van der Waals surface area contributed by atoms with E-state index >= 15 is 0 Å². The fourth-order valence-corrected chi connectivity index (χ4v) is 1.19. The zero-order chi connectivity index (χ0) is 10.8. The van der Waals surface area contributed by atoms with Gasteiger partial charge in [-0.3, -0.25) is 0 Å². The highest BCUT2D eigenvalue weighted by atomic mass is 16.5. The van der Waals surface area contributed by atoms with E-state index in [0.717, 1.165) is 0 Å². The lowest BCUT2D eigenvalue weighted by Gasteiger charge is -2.22. The van der Waals surface area contributed by atoms with Gasteiger partial charge in [0.15, 0.2) is 0 Å². The van der Waals surface area contributed by atoms with Crippen molar-refractivity contribution >= 4 is 5.97 Å². The van der Waals surface area contributed by atoms with Crippen LogP contribution in [0.1, 0.15) is 38.3 Å². The molecular weight excluding hydrogens is 180 g/mol. The van der Waals surface area contributed by atoms with Gasteiger partial charge in [0.2, 0.25) is 5.82 Å². The molecule has 0 aliphatic rings. The van der Waals surface area contributed by atoms with E-state index in [9.17, 15) is 4.79 Å². The van der Waals surface area contributed by atoms with Crippen molar-refractivity contribution in [2.45, 2.75) is 33.2 Å². The number of carbonyl (C=O) groups is 1. The lowest BCUT2D eigenvalue weighted by Crippen LogP contribution is -2.26. The minimum Gasteiger partial charge on any atom is -0.460 e. The summed E-state index contributed by atoms with van der Waals surface area (Å²) in [6, 6.07) is 0. The number of esters is 1. The molecule has 0 bridgehead atoms. The molecule has 0 unspecified atom stereocenters. The first-order valence-electron chi connectivity index (χ1n) is 4.67. The van der Waals surface area contributed by atoms with Crippen LogP contribution in [0.25, 0.3) is 0 Å². The van der Waals surface area contributed by atoms with Crippen molar-refractivity contribution in [1.29, 1.82) is 0 Å². The van der Waals surface area contributed by atoms with Gasteiger partial charge in [0.25, 0.3) is 0 Å². The molecule has 1 aromatic heterocycles. The van der Waals surface area contributed by atoms with E-state index in [-0.39, 0.29) is 11.5 Å². The quantitative estimate of drug-likeness (QED) is 0.677.